The van der Waals surface area contributed by atoms with Gasteiger partial charge in [0.25, 0.3) is 10.0 Å². The number of nitrogens with zero attached hydrogens (tertiary/aromatic N) is 5. The van der Waals surface area contributed by atoms with Gasteiger partial charge in [0.05, 0.1) is 22.6 Å². The van der Waals surface area contributed by atoms with Gasteiger partial charge in [-0.05, 0) is 44.5 Å². The maximum Gasteiger partial charge on any atom is 0.264 e. The van der Waals surface area contributed by atoms with Gasteiger partial charge in [-0.15, -0.1) is 0 Å². The van der Waals surface area contributed by atoms with Crippen LogP contribution in [0.1, 0.15) is 35.0 Å². The highest BCUT2D eigenvalue weighted by molar-refractivity contribution is 7.92. The Labute approximate surface area is 215 Å². The maximum atomic E-state index is 14.3. The summed E-state index contributed by atoms with van der Waals surface area (Å²) in [4.78, 5) is 28.1. The quantitative estimate of drug-likeness (QED) is 0.525. The van der Waals surface area contributed by atoms with E-state index in [2.05, 4.69) is 36.4 Å². The summed E-state index contributed by atoms with van der Waals surface area (Å²) in [5.41, 5.74) is 3.04. The molecule has 0 aliphatic carbocycles. The van der Waals surface area contributed by atoms with Crippen LogP contribution in [0, 0.1) is 38.4 Å². The van der Waals surface area contributed by atoms with Gasteiger partial charge in [-0.25, -0.2) is 22.8 Å². The van der Waals surface area contributed by atoms with E-state index in [1.165, 1.54) is 30.7 Å². The van der Waals surface area contributed by atoms with Crippen LogP contribution in [0.15, 0.2) is 41.7 Å². The number of hydrogen-bond donors (Lipinski definition) is 1. The molecule has 0 unspecified atom stereocenters. The molecule has 1 aromatic carbocycles. The second kappa shape index (κ2) is 10.5. The molecule has 1 fully saturated rings. The van der Waals surface area contributed by atoms with Crippen molar-refractivity contribution in [1.82, 2.24) is 19.9 Å². The average molecular weight is 523 g/mol. The molecule has 11 heteroatoms. The first kappa shape index (κ1) is 26.0. The molecule has 0 radical (unpaired) electrons. The fourth-order valence-corrected chi connectivity index (χ4v) is 5.11. The van der Waals surface area contributed by atoms with Gasteiger partial charge in [-0.2, -0.15) is 0 Å². The van der Waals surface area contributed by atoms with Crippen molar-refractivity contribution in [2.45, 2.75) is 32.6 Å². The lowest BCUT2D eigenvalue weighted by molar-refractivity contribution is -0.129. The molecule has 0 saturated carbocycles. The van der Waals surface area contributed by atoms with Gasteiger partial charge in [-0.3, -0.25) is 14.5 Å². The first-order chi connectivity index (χ1) is 17.5. The second-order valence-corrected chi connectivity index (χ2v) is 10.4. The lowest BCUT2D eigenvalue weighted by Gasteiger charge is -2.35. The summed E-state index contributed by atoms with van der Waals surface area (Å²) in [6.45, 7) is 9.16. The number of pyridine rings is 1. The Morgan fingerprint density at radius 3 is 2.41 bits per heavy atom. The van der Waals surface area contributed by atoms with E-state index in [9.17, 15) is 17.6 Å². The molecular weight excluding hydrogens is 495 g/mol. The number of sulfonamides is 1. The molecule has 0 bridgehead atoms. The number of carbonyl (C=O) groups is 1. The number of aryl methyl sites for hydroxylation is 3. The molecule has 0 spiro atoms. The van der Waals surface area contributed by atoms with Crippen LogP contribution in [-0.2, 0) is 14.8 Å². The van der Waals surface area contributed by atoms with Gasteiger partial charge in [0, 0.05) is 44.9 Å². The normalized spacial score (nSPS) is 13.6. The Morgan fingerprint density at radius 2 is 1.73 bits per heavy atom. The molecule has 192 valence electrons. The zero-order valence-electron chi connectivity index (χ0n) is 21.0. The van der Waals surface area contributed by atoms with Crippen LogP contribution in [0.2, 0.25) is 0 Å². The number of carbonyl (C=O) groups excluding carboxylic acids is 1. The Bertz CT molecular complexity index is 1520. The smallest absolute Gasteiger partial charge is 0.264 e. The summed E-state index contributed by atoms with van der Waals surface area (Å²) in [7, 11) is -4.17. The minimum Gasteiger partial charge on any atom is -0.352 e. The Kier molecular flexibility index (Phi) is 7.40. The van der Waals surface area contributed by atoms with Gasteiger partial charge in [-0.1, -0.05) is 17.9 Å². The second-order valence-electron chi connectivity index (χ2n) is 8.80. The third-order valence-electron chi connectivity index (χ3n) is 6.08. The molecule has 1 aliphatic rings. The minimum atomic E-state index is -4.17. The SMILES string of the molecule is CC(=O)N1CCN(c2ncnc(C)c2C#Cc2cnc(C)c(NS(=O)(=O)c3ccc(C)cc3F)c2)CC1. The zero-order chi connectivity index (χ0) is 26.7. The average Bonchev–Trinajstić information content (AvgIpc) is 2.84. The highest BCUT2D eigenvalue weighted by Crippen LogP contribution is 2.23. The van der Waals surface area contributed by atoms with E-state index in [-0.39, 0.29) is 11.6 Å². The number of benzene rings is 1. The lowest BCUT2D eigenvalue weighted by Crippen LogP contribution is -2.48. The van der Waals surface area contributed by atoms with Crippen LogP contribution in [0.25, 0.3) is 0 Å². The molecule has 0 atom stereocenters. The molecule has 3 aromatic rings. The van der Waals surface area contributed by atoms with Crippen molar-refractivity contribution in [3.63, 3.8) is 0 Å². The number of piperazine rings is 1. The third-order valence-corrected chi connectivity index (χ3v) is 7.48. The van der Waals surface area contributed by atoms with Crippen LogP contribution in [0.3, 0.4) is 0 Å². The van der Waals surface area contributed by atoms with Crippen molar-refractivity contribution in [2.24, 2.45) is 0 Å². The van der Waals surface area contributed by atoms with E-state index in [1.807, 2.05) is 6.92 Å². The first-order valence-electron chi connectivity index (χ1n) is 11.6. The maximum absolute atomic E-state index is 14.3. The third kappa shape index (κ3) is 5.86. The number of halogens is 1. The van der Waals surface area contributed by atoms with Crippen molar-refractivity contribution in [2.75, 3.05) is 35.8 Å². The van der Waals surface area contributed by atoms with Gasteiger partial charge in [0.15, 0.2) is 0 Å². The van der Waals surface area contributed by atoms with E-state index in [0.29, 0.717) is 60.1 Å². The van der Waals surface area contributed by atoms with Crippen LogP contribution in [0.5, 0.6) is 0 Å². The van der Waals surface area contributed by atoms with Crippen molar-refractivity contribution >= 4 is 27.4 Å². The van der Waals surface area contributed by atoms with Crippen LogP contribution in [0.4, 0.5) is 15.9 Å². The molecule has 9 nitrogen and oxygen atoms in total. The van der Waals surface area contributed by atoms with Crippen LogP contribution in [-0.4, -0.2) is 60.4 Å². The van der Waals surface area contributed by atoms with Gasteiger partial charge in [0.2, 0.25) is 5.91 Å². The Balaban J connectivity index is 1.61. The van der Waals surface area contributed by atoms with Gasteiger partial charge >= 0.3 is 0 Å². The standard InChI is InChI=1S/C26H27FN6O3S/c1-17-5-8-25(23(27)13-17)37(35,36)31-24-14-21(15-28-19(24)3)6-7-22-18(2)29-16-30-26(22)33-11-9-32(10-12-33)20(4)34/h5,8,13-16,31H,9-12H2,1-4H3. The predicted molar refractivity (Wildman–Crippen MR) is 138 cm³/mol. The van der Waals surface area contributed by atoms with Crippen LogP contribution < -0.4 is 9.62 Å². The number of rotatable bonds is 4. The van der Waals surface area contributed by atoms with Gasteiger partial charge < -0.3 is 9.80 Å². The summed E-state index contributed by atoms with van der Waals surface area (Å²) in [5, 5.41) is 0. The highest BCUT2D eigenvalue weighted by Gasteiger charge is 2.23. The summed E-state index contributed by atoms with van der Waals surface area (Å²) in [5.74, 6) is 6.03. The van der Waals surface area contributed by atoms with Crippen molar-refractivity contribution in [3.8, 4) is 11.8 Å². The molecular formula is C26H27FN6O3S. The monoisotopic (exact) mass is 522 g/mol. The van der Waals surface area contributed by atoms with E-state index in [4.69, 9.17) is 0 Å². The van der Waals surface area contributed by atoms with Crippen molar-refractivity contribution < 1.29 is 17.6 Å². The summed E-state index contributed by atoms with van der Waals surface area (Å²) in [6, 6.07) is 5.49. The molecule has 4 rings (SSSR count). The lowest BCUT2D eigenvalue weighted by atomic mass is 10.1. The predicted octanol–water partition coefficient (Wildman–Crippen LogP) is 2.81. The van der Waals surface area contributed by atoms with Crippen LogP contribution >= 0.6 is 0 Å². The molecule has 37 heavy (non-hydrogen) atoms. The number of hydrogen-bond acceptors (Lipinski definition) is 7. The minimum absolute atomic E-state index is 0.0435. The Morgan fingerprint density at radius 1 is 1.00 bits per heavy atom. The summed E-state index contributed by atoms with van der Waals surface area (Å²) < 4.78 is 42.5. The largest absolute Gasteiger partial charge is 0.352 e. The molecule has 3 heterocycles. The zero-order valence-corrected chi connectivity index (χ0v) is 21.9. The molecule has 2 aromatic heterocycles. The fourth-order valence-electron chi connectivity index (χ4n) is 3.94. The summed E-state index contributed by atoms with van der Waals surface area (Å²) >= 11 is 0. The molecule has 1 aliphatic heterocycles. The summed E-state index contributed by atoms with van der Waals surface area (Å²) in [6.07, 6.45) is 3.02. The first-order valence-corrected chi connectivity index (χ1v) is 13.1. The van der Waals surface area contributed by atoms with E-state index < -0.39 is 20.7 Å². The van der Waals surface area contributed by atoms with Crippen molar-refractivity contribution in [1.29, 1.82) is 0 Å². The number of nitrogens with one attached hydrogen (secondary N) is 1. The number of anilines is 2. The van der Waals surface area contributed by atoms with Gasteiger partial charge in [0.1, 0.15) is 22.9 Å². The number of aromatic nitrogens is 3. The highest BCUT2D eigenvalue weighted by atomic mass is 32.2. The van der Waals surface area contributed by atoms with E-state index in [0.717, 1.165) is 0 Å². The topological polar surface area (TPSA) is 108 Å². The molecule has 1 N–H and O–H groups in total. The van der Waals surface area contributed by atoms with E-state index >= 15 is 0 Å². The Hall–Kier alpha value is -4.04. The molecule has 1 amide bonds. The number of amides is 1. The van der Waals surface area contributed by atoms with E-state index in [1.54, 1.807) is 31.7 Å². The fraction of sp³-hybridized carbons (Fsp3) is 0.308. The van der Waals surface area contributed by atoms with Crippen molar-refractivity contribution in [3.05, 3.63) is 70.7 Å². The molecule has 1 saturated heterocycles.